The zero-order valence-electron chi connectivity index (χ0n) is 7.51. The molecule has 0 unspecified atom stereocenters. The fourth-order valence-electron chi connectivity index (χ4n) is 0.839. The first-order valence-corrected chi connectivity index (χ1v) is 3.96. The summed E-state index contributed by atoms with van der Waals surface area (Å²) in [5.74, 6) is -1.69. The number of rotatable bonds is 2. The van der Waals surface area contributed by atoms with E-state index in [1.165, 1.54) is 7.11 Å². The fourth-order valence-corrected chi connectivity index (χ4v) is 1.02. The standard InChI is InChI=1S/C8H7ClFNO3/c1-13-5-3-4(8(12)14-2)6(10)7(9)11-5/h3H,1-2H3. The minimum absolute atomic E-state index is 0.0526. The van der Waals surface area contributed by atoms with E-state index in [-0.39, 0.29) is 11.4 Å². The summed E-state index contributed by atoms with van der Waals surface area (Å²) in [6.07, 6.45) is 0. The Balaban J connectivity index is 3.27. The fraction of sp³-hybridized carbons (Fsp3) is 0.250. The summed E-state index contributed by atoms with van der Waals surface area (Å²) >= 11 is 5.42. The van der Waals surface area contributed by atoms with Crippen LogP contribution in [0.3, 0.4) is 0 Å². The van der Waals surface area contributed by atoms with E-state index >= 15 is 0 Å². The van der Waals surface area contributed by atoms with Crippen molar-refractivity contribution in [2.24, 2.45) is 0 Å². The van der Waals surface area contributed by atoms with Crippen LogP contribution in [-0.2, 0) is 4.74 Å². The summed E-state index contributed by atoms with van der Waals surface area (Å²) in [6.45, 7) is 0. The summed E-state index contributed by atoms with van der Waals surface area (Å²) in [5, 5.41) is -0.426. The summed E-state index contributed by atoms with van der Waals surface area (Å²) in [4.78, 5) is 14.6. The molecule has 0 spiro atoms. The van der Waals surface area contributed by atoms with Crippen LogP contribution < -0.4 is 4.74 Å². The summed E-state index contributed by atoms with van der Waals surface area (Å²) in [5.41, 5.74) is -0.302. The second-order valence-electron chi connectivity index (χ2n) is 2.31. The summed E-state index contributed by atoms with van der Waals surface area (Å²) < 4.78 is 22.3. The van der Waals surface area contributed by atoms with Crippen LogP contribution in [0.5, 0.6) is 5.88 Å². The van der Waals surface area contributed by atoms with Gasteiger partial charge < -0.3 is 9.47 Å². The van der Waals surface area contributed by atoms with E-state index in [1.807, 2.05) is 0 Å². The van der Waals surface area contributed by atoms with Crippen molar-refractivity contribution in [2.75, 3.05) is 14.2 Å². The van der Waals surface area contributed by atoms with E-state index in [0.717, 1.165) is 13.2 Å². The molecule has 0 saturated heterocycles. The third-order valence-corrected chi connectivity index (χ3v) is 1.76. The molecule has 1 aromatic rings. The summed E-state index contributed by atoms with van der Waals surface area (Å²) in [7, 11) is 2.47. The number of pyridine rings is 1. The van der Waals surface area contributed by atoms with Crippen LogP contribution in [0.25, 0.3) is 0 Å². The number of ether oxygens (including phenoxy) is 2. The molecule has 0 atom stereocenters. The Morgan fingerprint density at radius 2 is 2.21 bits per heavy atom. The molecule has 4 nitrogen and oxygen atoms in total. The molecule has 6 heteroatoms. The smallest absolute Gasteiger partial charge is 0.341 e. The van der Waals surface area contributed by atoms with Gasteiger partial charge in [-0.25, -0.2) is 9.18 Å². The molecule has 14 heavy (non-hydrogen) atoms. The number of esters is 1. The predicted octanol–water partition coefficient (Wildman–Crippen LogP) is 1.67. The van der Waals surface area contributed by atoms with Crippen LogP contribution >= 0.6 is 11.6 Å². The van der Waals surface area contributed by atoms with Gasteiger partial charge in [0.15, 0.2) is 11.0 Å². The van der Waals surface area contributed by atoms with Gasteiger partial charge in [0, 0.05) is 6.07 Å². The Bertz CT molecular complexity index is 370. The molecule has 0 radical (unpaired) electrons. The molecule has 0 amide bonds. The molecule has 0 aromatic carbocycles. The first-order valence-electron chi connectivity index (χ1n) is 3.58. The first-order chi connectivity index (χ1) is 6.60. The van der Waals surface area contributed by atoms with Crippen LogP contribution in [0, 0.1) is 5.82 Å². The Morgan fingerprint density at radius 1 is 1.57 bits per heavy atom. The van der Waals surface area contributed by atoms with Crippen molar-refractivity contribution in [3.63, 3.8) is 0 Å². The predicted molar refractivity (Wildman–Crippen MR) is 47.1 cm³/mol. The largest absolute Gasteiger partial charge is 0.481 e. The minimum atomic E-state index is -0.917. The van der Waals surface area contributed by atoms with Crippen LogP contribution in [-0.4, -0.2) is 25.2 Å². The number of carbonyl (C=O) groups is 1. The number of carbonyl (C=O) groups excluding carboxylic acids is 1. The highest BCUT2D eigenvalue weighted by Gasteiger charge is 2.18. The Hall–Kier alpha value is -1.36. The van der Waals surface area contributed by atoms with Crippen LogP contribution in [0.15, 0.2) is 6.07 Å². The van der Waals surface area contributed by atoms with Gasteiger partial charge in [0.1, 0.15) is 5.56 Å². The van der Waals surface area contributed by atoms with Gasteiger partial charge in [-0.2, -0.15) is 4.98 Å². The van der Waals surface area contributed by atoms with Gasteiger partial charge >= 0.3 is 5.97 Å². The van der Waals surface area contributed by atoms with E-state index in [1.54, 1.807) is 0 Å². The minimum Gasteiger partial charge on any atom is -0.481 e. The molecule has 0 fully saturated rings. The number of halogens is 2. The molecule has 1 aromatic heterocycles. The van der Waals surface area contributed by atoms with Crippen molar-refractivity contribution >= 4 is 17.6 Å². The Labute approximate surface area is 84.6 Å². The highest BCUT2D eigenvalue weighted by atomic mass is 35.5. The normalized spacial score (nSPS) is 9.71. The van der Waals surface area contributed by atoms with Crippen LogP contribution in [0.1, 0.15) is 10.4 Å². The molecule has 0 aliphatic carbocycles. The summed E-state index contributed by atoms with van der Waals surface area (Å²) in [6, 6.07) is 1.12. The average molecular weight is 220 g/mol. The molecule has 0 saturated carbocycles. The monoisotopic (exact) mass is 219 g/mol. The molecule has 1 rings (SSSR count). The van der Waals surface area contributed by atoms with Gasteiger partial charge in [-0.05, 0) is 0 Å². The lowest BCUT2D eigenvalue weighted by atomic mass is 10.2. The first kappa shape index (κ1) is 10.7. The van der Waals surface area contributed by atoms with Gasteiger partial charge in [-0.1, -0.05) is 11.6 Å². The number of hydrogen-bond acceptors (Lipinski definition) is 4. The quantitative estimate of drug-likeness (QED) is 0.561. The van der Waals surface area contributed by atoms with Gasteiger partial charge in [-0.3, -0.25) is 0 Å². The third kappa shape index (κ3) is 1.93. The van der Waals surface area contributed by atoms with Crippen LogP contribution in [0.2, 0.25) is 5.15 Å². The number of aromatic nitrogens is 1. The van der Waals surface area contributed by atoms with Crippen molar-refractivity contribution < 1.29 is 18.7 Å². The lowest BCUT2D eigenvalue weighted by Crippen LogP contribution is -2.06. The topological polar surface area (TPSA) is 48.4 Å². The van der Waals surface area contributed by atoms with Crippen molar-refractivity contribution in [2.45, 2.75) is 0 Å². The maximum Gasteiger partial charge on any atom is 0.341 e. The van der Waals surface area contributed by atoms with E-state index in [9.17, 15) is 9.18 Å². The molecule has 1 heterocycles. The van der Waals surface area contributed by atoms with Gasteiger partial charge in [0.05, 0.1) is 14.2 Å². The lowest BCUT2D eigenvalue weighted by molar-refractivity contribution is 0.0594. The number of nitrogens with zero attached hydrogens (tertiary/aromatic N) is 1. The van der Waals surface area contributed by atoms with Crippen molar-refractivity contribution in [3.05, 3.63) is 22.6 Å². The third-order valence-electron chi connectivity index (χ3n) is 1.51. The Morgan fingerprint density at radius 3 is 2.71 bits per heavy atom. The highest BCUT2D eigenvalue weighted by molar-refractivity contribution is 6.30. The van der Waals surface area contributed by atoms with Crippen molar-refractivity contribution in [1.29, 1.82) is 0 Å². The van der Waals surface area contributed by atoms with E-state index in [4.69, 9.17) is 16.3 Å². The molecular formula is C8H7ClFNO3. The maximum absolute atomic E-state index is 13.2. The second kappa shape index (κ2) is 4.23. The number of methoxy groups -OCH3 is 2. The maximum atomic E-state index is 13.2. The molecular weight excluding hydrogens is 213 g/mol. The zero-order valence-corrected chi connectivity index (χ0v) is 8.26. The molecule has 0 aliphatic rings. The Kier molecular flexibility index (Phi) is 3.24. The number of hydrogen-bond donors (Lipinski definition) is 0. The van der Waals surface area contributed by atoms with E-state index in [0.29, 0.717) is 0 Å². The average Bonchev–Trinajstić information content (AvgIpc) is 2.20. The second-order valence-corrected chi connectivity index (χ2v) is 2.67. The molecule has 0 N–H and O–H groups in total. The van der Waals surface area contributed by atoms with Gasteiger partial charge in [0.2, 0.25) is 5.88 Å². The van der Waals surface area contributed by atoms with E-state index in [2.05, 4.69) is 9.72 Å². The molecule has 76 valence electrons. The van der Waals surface area contributed by atoms with Gasteiger partial charge in [-0.15, -0.1) is 0 Å². The van der Waals surface area contributed by atoms with Crippen molar-refractivity contribution in [3.8, 4) is 5.88 Å². The molecule has 0 bridgehead atoms. The van der Waals surface area contributed by atoms with E-state index < -0.39 is 16.9 Å². The van der Waals surface area contributed by atoms with Gasteiger partial charge in [0.25, 0.3) is 0 Å². The SMILES string of the molecule is COC(=O)c1cc(OC)nc(Cl)c1F. The highest BCUT2D eigenvalue weighted by Crippen LogP contribution is 2.21. The zero-order chi connectivity index (χ0) is 10.7. The lowest BCUT2D eigenvalue weighted by Gasteiger charge is -2.04. The van der Waals surface area contributed by atoms with Crippen LogP contribution in [0.4, 0.5) is 4.39 Å². The van der Waals surface area contributed by atoms with Crippen molar-refractivity contribution in [1.82, 2.24) is 4.98 Å². The molecule has 0 aliphatic heterocycles.